The molecule has 0 unspecified atom stereocenters. The van der Waals surface area contributed by atoms with Crippen LogP contribution >= 0.6 is 0 Å². The van der Waals surface area contributed by atoms with Crippen LogP contribution in [0.1, 0.15) is 38.2 Å². The highest BCUT2D eigenvalue weighted by Gasteiger charge is 2.21. The number of rotatable bonds is 8. The van der Waals surface area contributed by atoms with Crippen molar-refractivity contribution in [3.8, 4) is 11.5 Å². The first-order valence-corrected chi connectivity index (χ1v) is 9.02. The fraction of sp³-hybridized carbons (Fsp3) is 0.632. The molecule has 6 heteroatoms. The topological polar surface area (TPSA) is 60.0 Å². The lowest BCUT2D eigenvalue weighted by Gasteiger charge is -2.32. The van der Waals surface area contributed by atoms with Crippen LogP contribution in [0.4, 0.5) is 4.79 Å². The van der Waals surface area contributed by atoms with Gasteiger partial charge in [0.25, 0.3) is 0 Å². The van der Waals surface area contributed by atoms with Crippen LogP contribution in [0.3, 0.4) is 0 Å². The molecule has 1 fully saturated rings. The van der Waals surface area contributed by atoms with Crippen LogP contribution in [0.25, 0.3) is 0 Å². The predicted molar refractivity (Wildman–Crippen MR) is 97.2 cm³/mol. The number of unbranched alkanes of at least 4 members (excludes halogenated alkanes) is 1. The molecule has 0 bridgehead atoms. The molecule has 1 aromatic rings. The quantitative estimate of drug-likeness (QED) is 0.730. The zero-order valence-electron chi connectivity index (χ0n) is 15.5. The van der Waals surface area contributed by atoms with E-state index in [1.165, 1.54) is 5.56 Å². The number of hydrogen-bond acceptors (Lipinski definition) is 5. The molecule has 25 heavy (non-hydrogen) atoms. The molecule has 0 aromatic heterocycles. The normalized spacial score (nSPS) is 15.6. The number of ether oxygens (including phenoxy) is 3. The Morgan fingerprint density at radius 2 is 1.92 bits per heavy atom. The number of carbonyl (C=O) groups is 1. The molecule has 0 saturated carbocycles. The Kier molecular flexibility index (Phi) is 7.85. The van der Waals surface area contributed by atoms with E-state index in [4.69, 9.17) is 14.2 Å². The van der Waals surface area contributed by atoms with Crippen molar-refractivity contribution in [3.05, 3.63) is 23.8 Å². The van der Waals surface area contributed by atoms with E-state index < -0.39 is 0 Å². The highest BCUT2D eigenvalue weighted by Crippen LogP contribution is 2.28. The summed E-state index contributed by atoms with van der Waals surface area (Å²) >= 11 is 0. The minimum absolute atomic E-state index is 0.204. The lowest BCUT2D eigenvalue weighted by Crippen LogP contribution is -2.44. The molecule has 1 aliphatic heterocycles. The zero-order chi connectivity index (χ0) is 18.1. The second-order valence-corrected chi connectivity index (χ2v) is 6.37. The molecule has 1 aliphatic rings. The van der Waals surface area contributed by atoms with Crippen molar-refractivity contribution in [1.82, 2.24) is 10.2 Å². The van der Waals surface area contributed by atoms with Crippen LogP contribution in [0.2, 0.25) is 0 Å². The molecule has 0 atom stereocenters. The first-order chi connectivity index (χ1) is 12.2. The van der Waals surface area contributed by atoms with Crippen molar-refractivity contribution in [2.75, 3.05) is 33.9 Å². The Balaban J connectivity index is 1.76. The molecule has 2 rings (SSSR count). The summed E-state index contributed by atoms with van der Waals surface area (Å²) in [4.78, 5) is 14.1. The fourth-order valence-corrected chi connectivity index (χ4v) is 2.99. The lowest BCUT2D eigenvalue weighted by atomic mass is 10.0. The molecule has 140 valence electrons. The summed E-state index contributed by atoms with van der Waals surface area (Å²) in [6.45, 7) is 5.35. The summed E-state index contributed by atoms with van der Waals surface area (Å²) in [7, 11) is 3.29. The molecule has 0 radical (unpaired) electrons. The first kappa shape index (κ1) is 19.4. The van der Waals surface area contributed by atoms with Gasteiger partial charge < -0.3 is 19.5 Å². The molecular weight excluding hydrogens is 320 g/mol. The van der Waals surface area contributed by atoms with E-state index in [9.17, 15) is 4.79 Å². The third kappa shape index (κ3) is 6.12. The van der Waals surface area contributed by atoms with Gasteiger partial charge in [0.05, 0.1) is 20.8 Å². The van der Waals surface area contributed by atoms with Gasteiger partial charge in [0.15, 0.2) is 11.5 Å². The van der Waals surface area contributed by atoms with Crippen molar-refractivity contribution in [2.24, 2.45) is 0 Å². The lowest BCUT2D eigenvalue weighted by molar-refractivity contribution is 0.130. The van der Waals surface area contributed by atoms with Gasteiger partial charge in [0.1, 0.15) is 0 Å². The summed E-state index contributed by atoms with van der Waals surface area (Å²) in [5, 5.41) is 2.97. The van der Waals surface area contributed by atoms with Crippen LogP contribution in [0.15, 0.2) is 18.2 Å². The monoisotopic (exact) mass is 350 g/mol. The van der Waals surface area contributed by atoms with E-state index in [1.54, 1.807) is 14.2 Å². The molecule has 0 spiro atoms. The van der Waals surface area contributed by atoms with Crippen molar-refractivity contribution >= 4 is 6.09 Å². The minimum Gasteiger partial charge on any atom is -0.493 e. The van der Waals surface area contributed by atoms with E-state index in [1.807, 2.05) is 12.1 Å². The number of benzene rings is 1. The Hall–Kier alpha value is -1.95. The molecule has 6 nitrogen and oxygen atoms in total. The number of methoxy groups -OCH3 is 2. The van der Waals surface area contributed by atoms with Crippen LogP contribution in [-0.4, -0.2) is 51.0 Å². The van der Waals surface area contributed by atoms with E-state index in [0.717, 1.165) is 56.8 Å². The van der Waals surface area contributed by atoms with Gasteiger partial charge in [0, 0.05) is 25.7 Å². The van der Waals surface area contributed by atoms with Crippen LogP contribution in [0.5, 0.6) is 11.5 Å². The van der Waals surface area contributed by atoms with E-state index in [-0.39, 0.29) is 12.1 Å². The van der Waals surface area contributed by atoms with Crippen molar-refractivity contribution in [1.29, 1.82) is 0 Å². The Morgan fingerprint density at radius 3 is 2.56 bits per heavy atom. The van der Waals surface area contributed by atoms with E-state index >= 15 is 0 Å². The summed E-state index contributed by atoms with van der Waals surface area (Å²) < 4.78 is 15.8. The summed E-state index contributed by atoms with van der Waals surface area (Å²) in [5.41, 5.74) is 1.20. The van der Waals surface area contributed by atoms with Crippen LogP contribution in [0, 0.1) is 0 Å². The SMILES string of the molecule is CCCCOC(=O)NC1CCN(Cc2ccc(OC)c(OC)c2)CC1. The number of amides is 1. The van der Waals surface area contributed by atoms with Gasteiger partial charge in [-0.3, -0.25) is 4.90 Å². The maximum absolute atomic E-state index is 11.7. The fourth-order valence-electron chi connectivity index (χ4n) is 2.99. The molecule has 1 amide bonds. The maximum Gasteiger partial charge on any atom is 0.407 e. The highest BCUT2D eigenvalue weighted by atomic mass is 16.5. The van der Waals surface area contributed by atoms with Gasteiger partial charge in [-0.2, -0.15) is 0 Å². The molecule has 1 heterocycles. The van der Waals surface area contributed by atoms with Gasteiger partial charge in [-0.05, 0) is 37.0 Å². The average Bonchev–Trinajstić information content (AvgIpc) is 2.63. The number of nitrogens with zero attached hydrogens (tertiary/aromatic N) is 1. The van der Waals surface area contributed by atoms with Gasteiger partial charge in [-0.15, -0.1) is 0 Å². The van der Waals surface area contributed by atoms with Crippen LogP contribution < -0.4 is 14.8 Å². The second kappa shape index (κ2) is 10.1. The van der Waals surface area contributed by atoms with Gasteiger partial charge >= 0.3 is 6.09 Å². The van der Waals surface area contributed by atoms with E-state index in [2.05, 4.69) is 23.2 Å². The van der Waals surface area contributed by atoms with Crippen LogP contribution in [-0.2, 0) is 11.3 Å². The van der Waals surface area contributed by atoms with E-state index in [0.29, 0.717) is 6.61 Å². The largest absolute Gasteiger partial charge is 0.493 e. The van der Waals surface area contributed by atoms with Gasteiger partial charge in [-0.1, -0.05) is 19.4 Å². The average molecular weight is 350 g/mol. The Labute approximate surface area is 150 Å². The molecule has 1 aromatic carbocycles. The second-order valence-electron chi connectivity index (χ2n) is 6.37. The van der Waals surface area contributed by atoms with Gasteiger partial charge in [-0.25, -0.2) is 4.79 Å². The Bertz CT molecular complexity index is 542. The summed E-state index contributed by atoms with van der Waals surface area (Å²) in [5.74, 6) is 1.50. The Morgan fingerprint density at radius 1 is 1.20 bits per heavy atom. The molecular formula is C19H30N2O4. The summed E-state index contributed by atoms with van der Waals surface area (Å²) in [6.07, 6.45) is 3.54. The standard InChI is InChI=1S/C19H30N2O4/c1-4-5-12-25-19(22)20-16-8-10-21(11-9-16)14-15-6-7-17(23-2)18(13-15)24-3/h6-7,13,16H,4-5,8-12,14H2,1-3H3,(H,20,22). The number of likely N-dealkylation sites (tertiary alicyclic amines) is 1. The van der Waals surface area contributed by atoms with Crippen molar-refractivity contribution in [2.45, 2.75) is 45.2 Å². The number of nitrogens with one attached hydrogen (secondary N) is 1. The first-order valence-electron chi connectivity index (χ1n) is 9.02. The minimum atomic E-state index is -0.285. The number of alkyl carbamates (subject to hydrolysis) is 1. The number of carbonyl (C=O) groups excluding carboxylic acids is 1. The zero-order valence-corrected chi connectivity index (χ0v) is 15.5. The molecule has 1 saturated heterocycles. The highest BCUT2D eigenvalue weighted by molar-refractivity contribution is 5.67. The predicted octanol–water partition coefficient (Wildman–Crippen LogP) is 3.19. The summed E-state index contributed by atoms with van der Waals surface area (Å²) in [6, 6.07) is 6.23. The number of hydrogen-bond donors (Lipinski definition) is 1. The molecule has 0 aliphatic carbocycles. The third-order valence-electron chi connectivity index (χ3n) is 4.49. The van der Waals surface area contributed by atoms with Gasteiger partial charge in [0.2, 0.25) is 0 Å². The molecule has 1 N–H and O–H groups in total. The third-order valence-corrected chi connectivity index (χ3v) is 4.49. The number of piperidine rings is 1. The van der Waals surface area contributed by atoms with Crippen molar-refractivity contribution < 1.29 is 19.0 Å². The van der Waals surface area contributed by atoms with Crippen molar-refractivity contribution in [3.63, 3.8) is 0 Å². The smallest absolute Gasteiger partial charge is 0.407 e. The maximum atomic E-state index is 11.7.